The lowest BCUT2D eigenvalue weighted by atomic mass is 9.95. The Morgan fingerprint density at radius 3 is 3.05 bits per heavy atom. The molecule has 0 radical (unpaired) electrons. The summed E-state index contributed by atoms with van der Waals surface area (Å²) in [5.41, 5.74) is 0.693. The summed E-state index contributed by atoms with van der Waals surface area (Å²) < 4.78 is 13.1. The summed E-state index contributed by atoms with van der Waals surface area (Å²) >= 11 is 5.70. The van der Waals surface area contributed by atoms with Crippen molar-refractivity contribution in [2.75, 3.05) is 19.7 Å². The van der Waals surface area contributed by atoms with E-state index in [0.717, 1.165) is 25.8 Å². The molecule has 1 atom stereocenters. The molecule has 1 fully saturated rings. The number of carbonyl (C=O) groups is 1. The van der Waals surface area contributed by atoms with Gasteiger partial charge in [-0.05, 0) is 49.0 Å². The van der Waals surface area contributed by atoms with Crippen molar-refractivity contribution in [1.29, 1.82) is 0 Å². The molecule has 21 heavy (non-hydrogen) atoms. The van der Waals surface area contributed by atoms with Crippen LogP contribution < -0.4 is 0 Å². The lowest BCUT2D eigenvalue weighted by molar-refractivity contribution is -0.127. The van der Waals surface area contributed by atoms with Gasteiger partial charge < -0.3 is 10.0 Å². The van der Waals surface area contributed by atoms with Crippen molar-refractivity contribution in [2.45, 2.75) is 19.3 Å². The Labute approximate surface area is 129 Å². The Hall–Kier alpha value is -1.39. The van der Waals surface area contributed by atoms with Gasteiger partial charge in [-0.1, -0.05) is 17.7 Å². The first-order valence-corrected chi connectivity index (χ1v) is 7.51. The maximum atomic E-state index is 13.1. The molecule has 0 aromatic heterocycles. The predicted molar refractivity (Wildman–Crippen MR) is 81.5 cm³/mol. The number of nitrogens with zero attached hydrogens (tertiary/aromatic N) is 1. The van der Waals surface area contributed by atoms with Gasteiger partial charge in [-0.25, -0.2) is 4.39 Å². The molecule has 114 valence electrons. The fourth-order valence-electron chi connectivity index (χ4n) is 2.57. The molecule has 5 heteroatoms. The van der Waals surface area contributed by atoms with E-state index in [2.05, 4.69) is 0 Å². The summed E-state index contributed by atoms with van der Waals surface area (Å²) in [6.45, 7) is 1.60. The van der Waals surface area contributed by atoms with Gasteiger partial charge in [0.2, 0.25) is 5.91 Å². The van der Waals surface area contributed by atoms with Crippen LogP contribution in [0.5, 0.6) is 0 Å². The van der Waals surface area contributed by atoms with Crippen LogP contribution in [0.2, 0.25) is 5.02 Å². The first-order chi connectivity index (χ1) is 10.1. The zero-order valence-corrected chi connectivity index (χ0v) is 12.5. The van der Waals surface area contributed by atoms with Gasteiger partial charge in [0.15, 0.2) is 0 Å². The average Bonchev–Trinajstić information content (AvgIpc) is 2.49. The molecule has 1 saturated heterocycles. The molecule has 0 saturated carbocycles. The Morgan fingerprint density at radius 2 is 2.33 bits per heavy atom. The number of rotatable bonds is 4. The Balaban J connectivity index is 1.96. The number of aliphatic hydroxyl groups is 1. The second kappa shape index (κ2) is 7.57. The monoisotopic (exact) mass is 311 g/mol. The highest BCUT2D eigenvalue weighted by Crippen LogP contribution is 2.20. The van der Waals surface area contributed by atoms with Crippen molar-refractivity contribution in [3.05, 3.63) is 40.7 Å². The number of halogens is 2. The first-order valence-electron chi connectivity index (χ1n) is 7.13. The largest absolute Gasteiger partial charge is 0.396 e. The van der Waals surface area contributed by atoms with Gasteiger partial charge >= 0.3 is 0 Å². The number of amides is 1. The lowest BCUT2D eigenvalue weighted by Gasteiger charge is -2.31. The highest BCUT2D eigenvalue weighted by molar-refractivity contribution is 6.30. The predicted octanol–water partition coefficient (Wildman–Crippen LogP) is 3.11. The third-order valence-corrected chi connectivity index (χ3v) is 4.02. The van der Waals surface area contributed by atoms with Gasteiger partial charge in [-0.2, -0.15) is 0 Å². The molecule has 1 aliphatic rings. The fourth-order valence-corrected chi connectivity index (χ4v) is 2.76. The molecule has 1 heterocycles. The summed E-state index contributed by atoms with van der Waals surface area (Å²) in [7, 11) is 0. The van der Waals surface area contributed by atoms with Crippen LogP contribution in [0.1, 0.15) is 24.8 Å². The molecule has 1 N–H and O–H groups in total. The number of likely N-dealkylation sites (tertiary alicyclic amines) is 1. The molecule has 1 aromatic rings. The van der Waals surface area contributed by atoms with Crippen LogP contribution in [0.4, 0.5) is 4.39 Å². The van der Waals surface area contributed by atoms with Gasteiger partial charge in [0.1, 0.15) is 5.82 Å². The zero-order valence-electron chi connectivity index (χ0n) is 11.8. The zero-order chi connectivity index (χ0) is 15.2. The van der Waals surface area contributed by atoms with Gasteiger partial charge in [-0.15, -0.1) is 0 Å². The second-order valence-electron chi connectivity index (χ2n) is 5.31. The average molecular weight is 312 g/mol. The molecule has 1 amide bonds. The number of hydrogen-bond acceptors (Lipinski definition) is 2. The summed E-state index contributed by atoms with van der Waals surface area (Å²) in [4.78, 5) is 13.9. The van der Waals surface area contributed by atoms with Crippen molar-refractivity contribution < 1.29 is 14.3 Å². The topological polar surface area (TPSA) is 40.5 Å². The third kappa shape index (κ3) is 4.55. The van der Waals surface area contributed by atoms with Crippen LogP contribution in [0.3, 0.4) is 0 Å². The molecule has 3 nitrogen and oxygen atoms in total. The van der Waals surface area contributed by atoms with Crippen LogP contribution in [0, 0.1) is 11.7 Å². The molecule has 1 unspecified atom stereocenters. The van der Waals surface area contributed by atoms with E-state index in [1.165, 1.54) is 18.2 Å². The maximum absolute atomic E-state index is 13.1. The van der Waals surface area contributed by atoms with Crippen molar-refractivity contribution in [3.63, 3.8) is 0 Å². The quantitative estimate of drug-likeness (QED) is 0.868. The molecule has 0 spiro atoms. The highest BCUT2D eigenvalue weighted by Gasteiger charge is 2.21. The number of aliphatic hydroxyl groups excluding tert-OH is 1. The summed E-state index contributed by atoms with van der Waals surface area (Å²) in [5.74, 6) is -0.150. The minimum Gasteiger partial charge on any atom is -0.396 e. The SMILES string of the molecule is O=C(C=Cc1ccc(F)c(Cl)c1)N1CCCC(CCO)C1. The van der Waals surface area contributed by atoms with Crippen molar-refractivity contribution >= 4 is 23.6 Å². The van der Waals surface area contributed by atoms with Crippen molar-refractivity contribution in [2.24, 2.45) is 5.92 Å². The summed E-state index contributed by atoms with van der Waals surface area (Å²) in [6.07, 6.45) is 5.89. The first kappa shape index (κ1) is 16.0. The van der Waals surface area contributed by atoms with Crippen molar-refractivity contribution in [3.8, 4) is 0 Å². The molecule has 1 aromatic carbocycles. The fraction of sp³-hybridized carbons (Fsp3) is 0.438. The minimum atomic E-state index is -0.469. The number of hydrogen-bond donors (Lipinski definition) is 1. The van der Waals surface area contributed by atoms with Crippen LogP contribution >= 0.6 is 11.6 Å². The molecule has 0 bridgehead atoms. The molecule has 2 rings (SSSR count). The maximum Gasteiger partial charge on any atom is 0.246 e. The molecular formula is C16H19ClFNO2. The van der Waals surface area contributed by atoms with Crippen LogP contribution in [0.25, 0.3) is 6.08 Å². The molecule has 1 aliphatic heterocycles. The number of benzene rings is 1. The third-order valence-electron chi connectivity index (χ3n) is 3.73. The summed E-state index contributed by atoms with van der Waals surface area (Å²) in [5, 5.41) is 9.03. The van der Waals surface area contributed by atoms with Gasteiger partial charge in [0.05, 0.1) is 5.02 Å². The van der Waals surface area contributed by atoms with Gasteiger partial charge in [-0.3, -0.25) is 4.79 Å². The van der Waals surface area contributed by atoms with E-state index in [4.69, 9.17) is 16.7 Å². The Bertz CT molecular complexity index is 531. The Morgan fingerprint density at radius 1 is 1.52 bits per heavy atom. The van der Waals surface area contributed by atoms with Gasteiger partial charge in [0.25, 0.3) is 0 Å². The number of piperidine rings is 1. The minimum absolute atomic E-state index is 0.0468. The summed E-state index contributed by atoms with van der Waals surface area (Å²) in [6, 6.07) is 4.35. The number of carbonyl (C=O) groups excluding carboxylic acids is 1. The van der Waals surface area contributed by atoms with E-state index in [9.17, 15) is 9.18 Å². The molecule has 0 aliphatic carbocycles. The van der Waals surface area contributed by atoms with Gasteiger partial charge in [0, 0.05) is 25.8 Å². The van der Waals surface area contributed by atoms with Crippen LogP contribution in [0.15, 0.2) is 24.3 Å². The van der Waals surface area contributed by atoms with Crippen molar-refractivity contribution in [1.82, 2.24) is 4.90 Å². The standard InChI is InChI=1S/C16H19ClFNO2/c17-14-10-12(3-5-15(14)18)4-6-16(21)19-8-1-2-13(11-19)7-9-20/h3-6,10,13,20H,1-2,7-9,11H2. The smallest absolute Gasteiger partial charge is 0.246 e. The highest BCUT2D eigenvalue weighted by atomic mass is 35.5. The van der Waals surface area contributed by atoms with E-state index < -0.39 is 5.82 Å². The van der Waals surface area contributed by atoms with E-state index >= 15 is 0 Å². The van der Waals surface area contributed by atoms with E-state index in [1.807, 2.05) is 0 Å². The normalized spacial score (nSPS) is 19.2. The van der Waals surface area contributed by atoms with E-state index in [-0.39, 0.29) is 17.5 Å². The van der Waals surface area contributed by atoms with Crippen LogP contribution in [-0.4, -0.2) is 35.6 Å². The Kier molecular flexibility index (Phi) is 5.76. The van der Waals surface area contributed by atoms with E-state index in [0.29, 0.717) is 18.0 Å². The molecular weight excluding hydrogens is 293 g/mol. The van der Waals surface area contributed by atoms with E-state index in [1.54, 1.807) is 17.0 Å². The van der Waals surface area contributed by atoms with Crippen LogP contribution in [-0.2, 0) is 4.79 Å². The second-order valence-corrected chi connectivity index (χ2v) is 5.72. The lowest BCUT2D eigenvalue weighted by Crippen LogP contribution is -2.39.